The Kier molecular flexibility index (Phi) is 4.53. The molecule has 5 nitrogen and oxygen atoms in total. The largest absolute Gasteiger partial charge is 0.381 e. The van der Waals surface area contributed by atoms with Crippen molar-refractivity contribution in [2.45, 2.75) is 38.3 Å². The van der Waals surface area contributed by atoms with E-state index in [1.807, 2.05) is 6.07 Å². The molecule has 3 heterocycles. The van der Waals surface area contributed by atoms with Gasteiger partial charge >= 0.3 is 0 Å². The summed E-state index contributed by atoms with van der Waals surface area (Å²) in [7, 11) is 0. The summed E-state index contributed by atoms with van der Waals surface area (Å²) < 4.78 is 19.2. The van der Waals surface area contributed by atoms with Gasteiger partial charge in [0.15, 0.2) is 5.82 Å². The fourth-order valence-corrected chi connectivity index (χ4v) is 4.02. The van der Waals surface area contributed by atoms with Gasteiger partial charge in [-0.15, -0.1) is 0 Å². The van der Waals surface area contributed by atoms with Crippen LogP contribution < -0.4 is 5.32 Å². The first-order chi connectivity index (χ1) is 13.2. The van der Waals surface area contributed by atoms with Gasteiger partial charge in [-0.3, -0.25) is 4.90 Å². The number of halogens is 1. The molecule has 27 heavy (non-hydrogen) atoms. The molecule has 1 N–H and O–H groups in total. The third-order valence-corrected chi connectivity index (χ3v) is 5.68. The Morgan fingerprint density at radius 1 is 1.22 bits per heavy atom. The SMILES string of the molecule is Fc1cccc(-c2nc3c(c(NC4CC4)n2)CN(C[C@@H]2CCOC2)CC3)c1. The second-order valence-corrected chi connectivity index (χ2v) is 7.96. The standard InChI is InChI=1S/C21H25FN4O/c22-16-3-1-2-15(10-16)20-24-19-6-8-26(11-14-7-9-27-13-14)12-18(19)21(25-20)23-17-4-5-17/h1-3,10,14,17H,4-9,11-13H2,(H,23,24,25)/t14-/m0/s1. The minimum atomic E-state index is -0.254. The first-order valence-corrected chi connectivity index (χ1v) is 9.97. The smallest absolute Gasteiger partial charge is 0.161 e. The third-order valence-electron chi connectivity index (χ3n) is 5.68. The highest BCUT2D eigenvalue weighted by molar-refractivity contribution is 5.60. The highest BCUT2D eigenvalue weighted by Gasteiger charge is 2.29. The second-order valence-electron chi connectivity index (χ2n) is 7.96. The van der Waals surface area contributed by atoms with Crippen LogP contribution in [0.4, 0.5) is 10.2 Å². The van der Waals surface area contributed by atoms with E-state index in [2.05, 4.69) is 10.2 Å². The topological polar surface area (TPSA) is 50.3 Å². The van der Waals surface area contributed by atoms with Gasteiger partial charge in [0.1, 0.15) is 11.6 Å². The lowest BCUT2D eigenvalue weighted by atomic mass is 10.0. The number of nitrogens with one attached hydrogen (secondary N) is 1. The van der Waals surface area contributed by atoms with Crippen LogP contribution in [0.1, 0.15) is 30.5 Å². The summed E-state index contributed by atoms with van der Waals surface area (Å²) in [4.78, 5) is 12.1. The molecular weight excluding hydrogens is 343 g/mol. The van der Waals surface area contributed by atoms with Crippen molar-refractivity contribution in [2.75, 3.05) is 31.6 Å². The normalized spacial score (nSPS) is 22.6. The second kappa shape index (κ2) is 7.17. The van der Waals surface area contributed by atoms with E-state index in [0.29, 0.717) is 17.8 Å². The molecule has 3 aliphatic rings. The molecule has 1 saturated heterocycles. The summed E-state index contributed by atoms with van der Waals surface area (Å²) in [5.41, 5.74) is 3.06. The van der Waals surface area contributed by atoms with Crippen molar-refractivity contribution in [2.24, 2.45) is 5.92 Å². The Morgan fingerprint density at radius 2 is 2.15 bits per heavy atom. The molecule has 2 aromatic rings. The molecule has 0 amide bonds. The number of nitrogens with zero attached hydrogens (tertiary/aromatic N) is 3. The van der Waals surface area contributed by atoms with E-state index in [1.54, 1.807) is 6.07 Å². The Morgan fingerprint density at radius 3 is 2.93 bits per heavy atom. The van der Waals surface area contributed by atoms with Crippen molar-refractivity contribution in [3.05, 3.63) is 41.3 Å². The van der Waals surface area contributed by atoms with Gasteiger partial charge in [-0.05, 0) is 37.3 Å². The molecule has 0 bridgehead atoms. The number of hydrogen-bond acceptors (Lipinski definition) is 5. The summed E-state index contributed by atoms with van der Waals surface area (Å²) in [6.45, 7) is 4.74. The van der Waals surface area contributed by atoms with Crippen LogP contribution in [0.2, 0.25) is 0 Å². The van der Waals surface area contributed by atoms with E-state index in [-0.39, 0.29) is 5.82 Å². The highest BCUT2D eigenvalue weighted by Crippen LogP contribution is 2.32. The lowest BCUT2D eigenvalue weighted by Crippen LogP contribution is -2.36. The molecule has 1 aliphatic carbocycles. The predicted molar refractivity (Wildman–Crippen MR) is 102 cm³/mol. The molecule has 1 saturated carbocycles. The van der Waals surface area contributed by atoms with Crippen LogP contribution in [0.5, 0.6) is 0 Å². The quantitative estimate of drug-likeness (QED) is 0.878. The van der Waals surface area contributed by atoms with Crippen LogP contribution in [-0.4, -0.2) is 47.2 Å². The average molecular weight is 368 g/mol. The van der Waals surface area contributed by atoms with Gasteiger partial charge in [-0.2, -0.15) is 0 Å². The van der Waals surface area contributed by atoms with Crippen LogP contribution in [0.25, 0.3) is 11.4 Å². The van der Waals surface area contributed by atoms with E-state index in [1.165, 1.54) is 30.5 Å². The van der Waals surface area contributed by atoms with Crippen molar-refractivity contribution >= 4 is 5.82 Å². The van der Waals surface area contributed by atoms with Gasteiger partial charge in [0.2, 0.25) is 0 Å². The molecule has 2 fully saturated rings. The van der Waals surface area contributed by atoms with E-state index in [9.17, 15) is 4.39 Å². The number of anilines is 1. The first-order valence-electron chi connectivity index (χ1n) is 9.97. The summed E-state index contributed by atoms with van der Waals surface area (Å²) in [6, 6.07) is 7.07. The predicted octanol–water partition coefficient (Wildman–Crippen LogP) is 3.25. The Bertz CT molecular complexity index is 833. The molecule has 6 heteroatoms. The molecule has 2 aliphatic heterocycles. The fourth-order valence-electron chi connectivity index (χ4n) is 4.02. The fraction of sp³-hybridized carbons (Fsp3) is 0.524. The molecule has 0 spiro atoms. The maximum atomic E-state index is 13.7. The van der Waals surface area contributed by atoms with E-state index >= 15 is 0 Å². The van der Waals surface area contributed by atoms with Crippen LogP contribution >= 0.6 is 0 Å². The summed E-state index contributed by atoms with van der Waals surface area (Å²) in [5, 5.41) is 3.59. The summed E-state index contributed by atoms with van der Waals surface area (Å²) in [6.07, 6.45) is 4.45. The lowest BCUT2D eigenvalue weighted by Gasteiger charge is -2.31. The zero-order valence-corrected chi connectivity index (χ0v) is 15.5. The van der Waals surface area contributed by atoms with Crippen molar-refractivity contribution in [1.82, 2.24) is 14.9 Å². The first kappa shape index (κ1) is 17.1. The van der Waals surface area contributed by atoms with Crippen LogP contribution in [-0.2, 0) is 17.7 Å². The zero-order valence-electron chi connectivity index (χ0n) is 15.5. The van der Waals surface area contributed by atoms with Crippen LogP contribution in [0.3, 0.4) is 0 Å². The van der Waals surface area contributed by atoms with E-state index in [0.717, 1.165) is 62.8 Å². The molecule has 1 aromatic heterocycles. The highest BCUT2D eigenvalue weighted by atomic mass is 19.1. The Hall–Kier alpha value is -2.05. The maximum Gasteiger partial charge on any atom is 0.161 e. The van der Waals surface area contributed by atoms with Crippen molar-refractivity contribution in [1.29, 1.82) is 0 Å². The number of fused-ring (bicyclic) bond motifs is 1. The number of ether oxygens (including phenoxy) is 1. The number of hydrogen-bond donors (Lipinski definition) is 1. The van der Waals surface area contributed by atoms with Crippen molar-refractivity contribution in [3.8, 4) is 11.4 Å². The van der Waals surface area contributed by atoms with Gasteiger partial charge in [0, 0.05) is 49.8 Å². The van der Waals surface area contributed by atoms with Crippen molar-refractivity contribution < 1.29 is 9.13 Å². The minimum Gasteiger partial charge on any atom is -0.381 e. The minimum absolute atomic E-state index is 0.254. The van der Waals surface area contributed by atoms with Crippen LogP contribution in [0.15, 0.2) is 24.3 Å². The number of aromatic nitrogens is 2. The van der Waals surface area contributed by atoms with Gasteiger partial charge in [0.25, 0.3) is 0 Å². The molecule has 5 rings (SSSR count). The molecular formula is C21H25FN4O. The molecule has 0 unspecified atom stereocenters. The van der Waals surface area contributed by atoms with E-state index in [4.69, 9.17) is 14.7 Å². The number of rotatable bonds is 5. The summed E-state index contributed by atoms with van der Waals surface area (Å²) >= 11 is 0. The van der Waals surface area contributed by atoms with Crippen LogP contribution in [0, 0.1) is 11.7 Å². The Balaban J connectivity index is 1.44. The van der Waals surface area contributed by atoms with Gasteiger partial charge in [-0.25, -0.2) is 14.4 Å². The third kappa shape index (κ3) is 3.82. The maximum absolute atomic E-state index is 13.7. The van der Waals surface area contributed by atoms with Gasteiger partial charge in [-0.1, -0.05) is 12.1 Å². The summed E-state index contributed by atoms with van der Waals surface area (Å²) in [5.74, 6) is 1.94. The molecule has 0 radical (unpaired) electrons. The lowest BCUT2D eigenvalue weighted by molar-refractivity contribution is 0.161. The van der Waals surface area contributed by atoms with Gasteiger partial charge in [0.05, 0.1) is 12.3 Å². The van der Waals surface area contributed by atoms with Gasteiger partial charge < -0.3 is 10.1 Å². The molecule has 1 atom stereocenters. The molecule has 1 aromatic carbocycles. The zero-order chi connectivity index (χ0) is 18.2. The van der Waals surface area contributed by atoms with E-state index < -0.39 is 0 Å². The number of benzene rings is 1. The Labute approximate surface area is 159 Å². The van der Waals surface area contributed by atoms with Crippen molar-refractivity contribution in [3.63, 3.8) is 0 Å². The monoisotopic (exact) mass is 368 g/mol. The average Bonchev–Trinajstić information content (AvgIpc) is 3.34. The molecule has 142 valence electrons.